The molecule has 0 heterocycles. The molecule has 0 amide bonds. The molecule has 0 N–H and O–H groups in total. The predicted octanol–water partition coefficient (Wildman–Crippen LogP) is 3.21. The van der Waals surface area contributed by atoms with Crippen LogP contribution in [0.5, 0.6) is 11.5 Å². The van der Waals surface area contributed by atoms with E-state index in [1.54, 1.807) is 18.2 Å². The number of rotatable bonds is 4. The molecular weight excluding hydrogens is 398 g/mol. The molecule has 0 aliphatic carbocycles. The van der Waals surface area contributed by atoms with Gasteiger partial charge in [-0.15, -0.1) is 0 Å². The van der Waals surface area contributed by atoms with Crippen molar-refractivity contribution in [3.8, 4) is 11.5 Å². The third kappa shape index (κ3) is 3.40. The van der Waals surface area contributed by atoms with Crippen molar-refractivity contribution < 1.29 is 21.7 Å². The van der Waals surface area contributed by atoms with Crippen LogP contribution in [0.15, 0.2) is 47.4 Å². The van der Waals surface area contributed by atoms with E-state index in [1.807, 2.05) is 22.6 Å². The molecule has 0 aliphatic heterocycles. The monoisotopic (exact) mass is 408 g/mol. The molecule has 0 saturated carbocycles. The molecule has 0 atom stereocenters. The molecule has 0 fully saturated rings. The quantitative estimate of drug-likeness (QED) is 0.576. The van der Waals surface area contributed by atoms with Crippen LogP contribution in [0, 0.1) is 9.39 Å². The van der Waals surface area contributed by atoms with Crippen molar-refractivity contribution >= 4 is 32.7 Å². The molecule has 2 aromatic rings. The summed E-state index contributed by atoms with van der Waals surface area (Å²) in [6, 6.07) is 9.87. The number of halogens is 2. The van der Waals surface area contributed by atoms with Crippen LogP contribution in [-0.4, -0.2) is 15.5 Å². The van der Waals surface area contributed by atoms with E-state index in [0.29, 0.717) is 0 Å². The highest BCUT2D eigenvalue weighted by molar-refractivity contribution is 14.1. The molecule has 0 aliphatic rings. The van der Waals surface area contributed by atoms with Gasteiger partial charge in [0.1, 0.15) is 10.6 Å². The molecular formula is C13H10FIO4S. The van der Waals surface area contributed by atoms with Gasteiger partial charge in [-0.25, -0.2) is 4.39 Å². The van der Waals surface area contributed by atoms with Crippen molar-refractivity contribution in [1.29, 1.82) is 0 Å². The summed E-state index contributed by atoms with van der Waals surface area (Å²) >= 11 is 2.03. The first-order valence-corrected chi connectivity index (χ1v) is 7.94. The number of hydrogen-bond acceptors (Lipinski definition) is 4. The highest BCUT2D eigenvalue weighted by Gasteiger charge is 2.19. The second-order valence-corrected chi connectivity index (χ2v) is 6.58. The number of ether oxygens (including phenoxy) is 1. The van der Waals surface area contributed by atoms with Gasteiger partial charge in [0, 0.05) is 3.57 Å². The average Bonchev–Trinajstić information content (AvgIpc) is 2.38. The van der Waals surface area contributed by atoms with E-state index >= 15 is 0 Å². The fourth-order valence-corrected chi connectivity index (χ4v) is 2.95. The summed E-state index contributed by atoms with van der Waals surface area (Å²) < 4.78 is 48.1. The Hall–Kier alpha value is -1.35. The summed E-state index contributed by atoms with van der Waals surface area (Å²) in [6.45, 7) is 0. The van der Waals surface area contributed by atoms with Crippen molar-refractivity contribution in [3.63, 3.8) is 0 Å². The summed E-state index contributed by atoms with van der Waals surface area (Å²) in [4.78, 5) is -0.269. The standard InChI is InChI=1S/C13H10FIO4S/c1-18-13-6-5-11(8-12(13)14)20(16,17)19-10-4-2-3-9(15)7-10/h2-8H,1H3. The van der Waals surface area contributed by atoms with E-state index in [9.17, 15) is 12.8 Å². The Bertz CT molecular complexity index is 731. The van der Waals surface area contributed by atoms with Gasteiger partial charge in [-0.1, -0.05) is 6.07 Å². The largest absolute Gasteiger partial charge is 0.494 e. The van der Waals surface area contributed by atoms with Gasteiger partial charge in [0.25, 0.3) is 0 Å². The zero-order valence-corrected chi connectivity index (χ0v) is 13.3. The maximum Gasteiger partial charge on any atom is 0.339 e. The minimum absolute atomic E-state index is 0.0294. The maximum atomic E-state index is 13.5. The Morgan fingerprint density at radius 3 is 2.50 bits per heavy atom. The number of benzene rings is 2. The molecule has 0 bridgehead atoms. The van der Waals surface area contributed by atoms with Gasteiger partial charge in [0.05, 0.1) is 7.11 Å². The highest BCUT2D eigenvalue weighted by Crippen LogP contribution is 2.24. The molecule has 0 spiro atoms. The predicted molar refractivity (Wildman–Crippen MR) is 79.9 cm³/mol. The van der Waals surface area contributed by atoms with Gasteiger partial charge in [-0.2, -0.15) is 8.42 Å². The normalized spacial score (nSPS) is 11.2. The SMILES string of the molecule is COc1ccc(S(=O)(=O)Oc2cccc(I)c2)cc1F. The Morgan fingerprint density at radius 1 is 1.15 bits per heavy atom. The van der Waals surface area contributed by atoms with Crippen LogP contribution >= 0.6 is 22.6 Å². The van der Waals surface area contributed by atoms with E-state index in [1.165, 1.54) is 25.3 Å². The third-order valence-corrected chi connectivity index (χ3v) is 4.33. The summed E-state index contributed by atoms with van der Waals surface area (Å²) in [6.07, 6.45) is 0. The van der Waals surface area contributed by atoms with Crippen molar-refractivity contribution in [2.75, 3.05) is 7.11 Å². The summed E-state index contributed by atoms with van der Waals surface area (Å²) in [5.74, 6) is -0.619. The average molecular weight is 408 g/mol. The summed E-state index contributed by atoms with van der Waals surface area (Å²) in [5.41, 5.74) is 0. The molecule has 106 valence electrons. The first-order valence-electron chi connectivity index (χ1n) is 5.46. The molecule has 4 nitrogen and oxygen atoms in total. The van der Waals surface area contributed by atoms with E-state index in [4.69, 9.17) is 8.92 Å². The van der Waals surface area contributed by atoms with Gasteiger partial charge >= 0.3 is 10.1 Å². The van der Waals surface area contributed by atoms with Crippen molar-refractivity contribution in [1.82, 2.24) is 0 Å². The zero-order valence-electron chi connectivity index (χ0n) is 10.3. The van der Waals surface area contributed by atoms with Crippen LogP contribution < -0.4 is 8.92 Å². The minimum Gasteiger partial charge on any atom is -0.494 e. The Balaban J connectivity index is 2.33. The van der Waals surface area contributed by atoms with E-state index < -0.39 is 15.9 Å². The number of methoxy groups -OCH3 is 1. The van der Waals surface area contributed by atoms with Crippen molar-refractivity contribution in [3.05, 3.63) is 51.9 Å². The zero-order chi connectivity index (χ0) is 14.8. The fraction of sp³-hybridized carbons (Fsp3) is 0.0769. The van der Waals surface area contributed by atoms with Gasteiger partial charge in [0.15, 0.2) is 11.6 Å². The lowest BCUT2D eigenvalue weighted by molar-refractivity contribution is 0.385. The maximum absolute atomic E-state index is 13.5. The topological polar surface area (TPSA) is 52.6 Å². The van der Waals surface area contributed by atoms with E-state index in [0.717, 1.165) is 9.64 Å². The smallest absolute Gasteiger partial charge is 0.339 e. The lowest BCUT2D eigenvalue weighted by Crippen LogP contribution is -2.10. The molecule has 0 unspecified atom stereocenters. The van der Waals surface area contributed by atoms with Gasteiger partial charge in [-0.05, 0) is 59.0 Å². The Labute approximate surface area is 129 Å². The first kappa shape index (κ1) is 15.0. The summed E-state index contributed by atoms with van der Waals surface area (Å²) in [7, 11) is -2.78. The van der Waals surface area contributed by atoms with Crippen LogP contribution in [0.1, 0.15) is 0 Å². The second-order valence-electron chi connectivity index (χ2n) is 3.79. The Morgan fingerprint density at radius 2 is 1.90 bits per heavy atom. The minimum atomic E-state index is -4.08. The second kappa shape index (κ2) is 5.96. The van der Waals surface area contributed by atoms with E-state index in [2.05, 4.69) is 0 Å². The molecule has 7 heteroatoms. The highest BCUT2D eigenvalue weighted by atomic mass is 127. The van der Waals surface area contributed by atoms with Crippen LogP contribution in [0.2, 0.25) is 0 Å². The van der Waals surface area contributed by atoms with Gasteiger partial charge in [-0.3, -0.25) is 0 Å². The lowest BCUT2D eigenvalue weighted by atomic mass is 10.3. The molecule has 2 aromatic carbocycles. The number of hydrogen-bond donors (Lipinski definition) is 0. The molecule has 0 saturated heterocycles. The van der Waals surface area contributed by atoms with E-state index in [-0.39, 0.29) is 16.4 Å². The first-order chi connectivity index (χ1) is 9.42. The van der Waals surface area contributed by atoms with Crippen LogP contribution in [0.25, 0.3) is 0 Å². The van der Waals surface area contributed by atoms with Crippen molar-refractivity contribution in [2.45, 2.75) is 4.90 Å². The molecule has 0 aromatic heterocycles. The van der Waals surface area contributed by atoms with Gasteiger partial charge < -0.3 is 8.92 Å². The Kier molecular flexibility index (Phi) is 4.48. The lowest BCUT2D eigenvalue weighted by Gasteiger charge is -2.08. The van der Waals surface area contributed by atoms with Gasteiger partial charge in [0.2, 0.25) is 0 Å². The molecule has 0 radical (unpaired) electrons. The molecule has 2 rings (SSSR count). The van der Waals surface area contributed by atoms with Crippen molar-refractivity contribution in [2.24, 2.45) is 0 Å². The fourth-order valence-electron chi connectivity index (χ4n) is 1.50. The van der Waals surface area contributed by atoms with Crippen LogP contribution in [0.4, 0.5) is 4.39 Å². The third-order valence-electron chi connectivity index (χ3n) is 2.41. The summed E-state index contributed by atoms with van der Waals surface area (Å²) in [5, 5.41) is 0. The molecule has 20 heavy (non-hydrogen) atoms. The van der Waals surface area contributed by atoms with Crippen LogP contribution in [-0.2, 0) is 10.1 Å². The van der Waals surface area contributed by atoms with Crippen LogP contribution in [0.3, 0.4) is 0 Å².